The minimum absolute atomic E-state index is 0.0185. The van der Waals surface area contributed by atoms with Crippen LogP contribution in [0.2, 0.25) is 0 Å². The minimum Gasteiger partial charge on any atom is -0.443 e. The number of halogens is 2. The van der Waals surface area contributed by atoms with E-state index in [1.165, 1.54) is 6.07 Å². The summed E-state index contributed by atoms with van der Waals surface area (Å²) in [7, 11) is 3.30. The molecule has 0 aliphatic carbocycles. The third kappa shape index (κ3) is 5.85. The fraction of sp³-hybridized carbons (Fsp3) is 0.387. The minimum atomic E-state index is -3.24. The van der Waals surface area contributed by atoms with Gasteiger partial charge in [-0.15, -0.1) is 0 Å². The third-order valence-electron chi connectivity index (χ3n) is 7.23. The van der Waals surface area contributed by atoms with Crippen molar-refractivity contribution >= 4 is 22.9 Å². The molecular weight excluding hydrogens is 574 g/mol. The van der Waals surface area contributed by atoms with Gasteiger partial charge >= 0.3 is 12.7 Å². The molecule has 4 aromatic rings. The number of hydrogen-bond acceptors (Lipinski definition) is 8. The number of carbonyl (C=O) groups is 2. The van der Waals surface area contributed by atoms with Crippen molar-refractivity contribution in [3.63, 3.8) is 0 Å². The highest BCUT2D eigenvalue weighted by Gasteiger charge is 2.39. The Morgan fingerprint density at radius 1 is 1.18 bits per heavy atom. The van der Waals surface area contributed by atoms with Gasteiger partial charge in [0.2, 0.25) is 0 Å². The Bertz CT molecular complexity index is 1800. The van der Waals surface area contributed by atoms with Gasteiger partial charge in [-0.1, -0.05) is 6.92 Å². The maximum absolute atomic E-state index is 13.7. The topological polar surface area (TPSA) is 125 Å². The molecule has 1 atom stereocenters. The van der Waals surface area contributed by atoms with Gasteiger partial charge in [0.1, 0.15) is 11.4 Å². The summed E-state index contributed by atoms with van der Waals surface area (Å²) >= 11 is 0. The number of alkyl halides is 2. The van der Waals surface area contributed by atoms with E-state index in [-0.39, 0.29) is 17.9 Å². The average Bonchev–Trinajstić information content (AvgIpc) is 3.55. The zero-order valence-corrected chi connectivity index (χ0v) is 25.2. The Hall–Kier alpha value is -4.83. The molecule has 2 aromatic heterocycles. The number of amides is 2. The van der Waals surface area contributed by atoms with Crippen molar-refractivity contribution in [2.24, 2.45) is 7.05 Å². The summed E-state index contributed by atoms with van der Waals surface area (Å²) in [5, 5.41) is 19.7. The molecule has 44 heavy (non-hydrogen) atoms. The molecule has 0 bridgehead atoms. The number of rotatable bonds is 7. The summed E-state index contributed by atoms with van der Waals surface area (Å²) in [6, 6.07) is 8.82. The van der Waals surface area contributed by atoms with Crippen LogP contribution in [0.1, 0.15) is 55.1 Å². The molecule has 1 aliphatic rings. The summed E-state index contributed by atoms with van der Waals surface area (Å²) in [5.41, 5.74) is 2.67. The number of fused-ring (bicyclic) bond motifs is 2. The molecule has 1 unspecified atom stereocenters. The lowest BCUT2D eigenvalue weighted by Gasteiger charge is -2.33. The molecule has 2 aromatic carbocycles. The summed E-state index contributed by atoms with van der Waals surface area (Å²) < 4.78 is 46.0. The number of aryl methyl sites for hydroxylation is 1. The molecule has 0 saturated carbocycles. The van der Waals surface area contributed by atoms with Gasteiger partial charge in [-0.3, -0.25) is 14.2 Å². The van der Waals surface area contributed by atoms with E-state index in [1.807, 2.05) is 12.3 Å². The number of hydrogen-bond donors (Lipinski definition) is 0. The zero-order chi connectivity index (χ0) is 31.9. The second-order valence-electron chi connectivity index (χ2n) is 11.6. The van der Waals surface area contributed by atoms with Gasteiger partial charge in [-0.05, 0) is 56.2 Å². The first-order valence-corrected chi connectivity index (χ1v) is 13.9. The summed E-state index contributed by atoms with van der Waals surface area (Å²) in [5.74, 6) is -1.62. The Balaban J connectivity index is 1.63. The van der Waals surface area contributed by atoms with E-state index in [9.17, 15) is 23.6 Å². The fourth-order valence-corrected chi connectivity index (χ4v) is 5.38. The van der Waals surface area contributed by atoms with E-state index in [0.29, 0.717) is 46.4 Å². The predicted molar refractivity (Wildman–Crippen MR) is 156 cm³/mol. The zero-order valence-electron chi connectivity index (χ0n) is 25.2. The standard InChI is InChI=1S/C31H32F2N6O5/c1-17-15-39(30(41)44-31(2,3)4)28(40)26-22(17)10-19(12-24(26)43-29(32)33)27-25-20(13-34)9-18(11-23(25)36-37(27)5)21-14-35-38(16-21)7-8-42-6/h9-12,14,16-17,29H,7-8,15H2,1-6H3. The monoisotopic (exact) mass is 606 g/mol. The van der Waals surface area contributed by atoms with Crippen LogP contribution in [-0.2, 0) is 23.1 Å². The van der Waals surface area contributed by atoms with Gasteiger partial charge in [0, 0.05) is 49.3 Å². The second kappa shape index (κ2) is 11.7. The van der Waals surface area contributed by atoms with Crippen LogP contribution >= 0.6 is 0 Å². The lowest BCUT2D eigenvalue weighted by atomic mass is 9.87. The van der Waals surface area contributed by atoms with Crippen molar-refractivity contribution < 1.29 is 32.6 Å². The Morgan fingerprint density at radius 3 is 2.59 bits per heavy atom. The average molecular weight is 607 g/mol. The van der Waals surface area contributed by atoms with Gasteiger partial charge in [0.05, 0.1) is 47.8 Å². The smallest absolute Gasteiger partial charge is 0.417 e. The molecule has 5 rings (SSSR count). The molecule has 0 saturated heterocycles. The molecule has 0 radical (unpaired) electrons. The first-order valence-electron chi connectivity index (χ1n) is 13.9. The first kappa shape index (κ1) is 30.6. The molecule has 11 nitrogen and oxygen atoms in total. The number of nitrogens with zero attached hydrogens (tertiary/aromatic N) is 6. The van der Waals surface area contributed by atoms with Crippen molar-refractivity contribution in [3.8, 4) is 34.2 Å². The summed E-state index contributed by atoms with van der Waals surface area (Å²) in [6.07, 6.45) is 2.67. The number of imide groups is 1. The van der Waals surface area contributed by atoms with Crippen molar-refractivity contribution in [2.75, 3.05) is 20.3 Å². The molecule has 0 fully saturated rings. The van der Waals surface area contributed by atoms with Crippen LogP contribution in [0.5, 0.6) is 5.75 Å². The summed E-state index contributed by atoms with van der Waals surface area (Å²) in [4.78, 5) is 27.3. The number of carbonyl (C=O) groups excluding carboxylic acids is 2. The van der Waals surface area contributed by atoms with Gasteiger partial charge < -0.3 is 14.2 Å². The number of ether oxygens (including phenoxy) is 3. The summed E-state index contributed by atoms with van der Waals surface area (Å²) in [6.45, 7) is 4.58. The van der Waals surface area contributed by atoms with E-state index in [0.717, 1.165) is 16.0 Å². The van der Waals surface area contributed by atoms with E-state index < -0.39 is 30.1 Å². The Labute approximate surface area is 252 Å². The molecule has 3 heterocycles. The Kier molecular flexibility index (Phi) is 8.13. The van der Waals surface area contributed by atoms with Crippen LogP contribution in [0.15, 0.2) is 36.7 Å². The highest BCUT2D eigenvalue weighted by molar-refractivity contribution is 6.08. The van der Waals surface area contributed by atoms with Crippen LogP contribution in [0, 0.1) is 11.3 Å². The van der Waals surface area contributed by atoms with E-state index in [1.54, 1.807) is 69.5 Å². The molecule has 2 amide bonds. The lowest BCUT2D eigenvalue weighted by Crippen LogP contribution is -2.46. The first-order chi connectivity index (χ1) is 20.8. The Morgan fingerprint density at radius 2 is 1.93 bits per heavy atom. The lowest BCUT2D eigenvalue weighted by molar-refractivity contribution is -0.0504. The van der Waals surface area contributed by atoms with Gasteiger partial charge in [-0.2, -0.15) is 24.2 Å². The van der Waals surface area contributed by atoms with Gasteiger partial charge in [-0.25, -0.2) is 9.69 Å². The van der Waals surface area contributed by atoms with E-state index in [2.05, 4.69) is 16.3 Å². The maximum atomic E-state index is 13.7. The SMILES string of the molecule is COCCn1cc(-c2cc(C#N)c3c(-c4cc(OC(F)F)c5c(c4)C(C)CN(C(=O)OC(C)(C)C)C5=O)n(C)nc3c2)cn1. The molecule has 13 heteroatoms. The van der Waals surface area contributed by atoms with Crippen molar-refractivity contribution in [1.82, 2.24) is 24.5 Å². The molecular formula is C31H32F2N6O5. The van der Waals surface area contributed by atoms with E-state index >= 15 is 0 Å². The second-order valence-corrected chi connectivity index (χ2v) is 11.6. The molecule has 0 spiro atoms. The van der Waals surface area contributed by atoms with Gasteiger partial charge in [0.15, 0.2) is 0 Å². The van der Waals surface area contributed by atoms with Crippen LogP contribution in [0.4, 0.5) is 13.6 Å². The molecule has 1 aliphatic heterocycles. The molecule has 230 valence electrons. The number of methoxy groups -OCH3 is 1. The number of benzene rings is 2. The van der Waals surface area contributed by atoms with Crippen molar-refractivity contribution in [1.29, 1.82) is 5.26 Å². The van der Waals surface area contributed by atoms with Crippen LogP contribution in [0.3, 0.4) is 0 Å². The highest BCUT2D eigenvalue weighted by atomic mass is 19.3. The fourth-order valence-electron chi connectivity index (χ4n) is 5.38. The largest absolute Gasteiger partial charge is 0.443 e. The number of nitriles is 1. The molecule has 0 N–H and O–H groups in total. The van der Waals surface area contributed by atoms with E-state index in [4.69, 9.17) is 14.2 Å². The predicted octanol–water partition coefficient (Wildman–Crippen LogP) is 5.72. The quantitative estimate of drug-likeness (QED) is 0.262. The normalized spacial score (nSPS) is 15.0. The maximum Gasteiger partial charge on any atom is 0.417 e. The highest BCUT2D eigenvalue weighted by Crippen LogP contribution is 2.42. The van der Waals surface area contributed by atoms with Crippen molar-refractivity contribution in [2.45, 2.75) is 52.4 Å². The van der Waals surface area contributed by atoms with Gasteiger partial charge in [0.25, 0.3) is 5.91 Å². The van der Waals surface area contributed by atoms with Crippen LogP contribution in [-0.4, -0.2) is 68.9 Å². The van der Waals surface area contributed by atoms with Crippen LogP contribution < -0.4 is 4.74 Å². The third-order valence-corrected chi connectivity index (χ3v) is 7.23. The number of aromatic nitrogens is 4. The van der Waals surface area contributed by atoms with Crippen molar-refractivity contribution in [3.05, 3.63) is 53.3 Å². The van der Waals surface area contributed by atoms with Crippen LogP contribution in [0.25, 0.3) is 33.3 Å².